The fraction of sp³-hybridized carbons (Fsp3) is 0.0625. The van der Waals surface area contributed by atoms with Gasteiger partial charge in [0.2, 0.25) is 0 Å². The first-order valence-electron chi connectivity index (χ1n) is 5.91. The molecule has 2 aromatic rings. The van der Waals surface area contributed by atoms with E-state index in [1.807, 2.05) is 24.3 Å². The summed E-state index contributed by atoms with van der Waals surface area (Å²) in [7, 11) is 1.61. The number of allylic oxidation sites excluding steroid dienone is 1. The maximum Gasteiger partial charge on any atom is 0.185 e. The Bertz CT molecular complexity index is 646. The van der Waals surface area contributed by atoms with E-state index in [0.29, 0.717) is 15.6 Å². The molecule has 2 rings (SSSR count). The number of rotatable bonds is 4. The van der Waals surface area contributed by atoms with Crippen molar-refractivity contribution in [2.45, 2.75) is 0 Å². The Labute approximate surface area is 127 Å². The molecular formula is C16H12Cl2O2. The summed E-state index contributed by atoms with van der Waals surface area (Å²) in [6.45, 7) is 0. The summed E-state index contributed by atoms with van der Waals surface area (Å²) in [5, 5.41) is 0.803. The van der Waals surface area contributed by atoms with E-state index in [1.165, 1.54) is 6.08 Å². The van der Waals surface area contributed by atoms with E-state index in [1.54, 1.807) is 31.4 Å². The molecule has 4 heteroatoms. The first-order chi connectivity index (χ1) is 9.60. The SMILES string of the molecule is COc1ccc(/C=C/C(=O)c2ccc(Cl)c(Cl)c2)cc1. The molecule has 0 heterocycles. The maximum atomic E-state index is 12.0. The van der Waals surface area contributed by atoms with Crippen LogP contribution in [0.2, 0.25) is 10.0 Å². The Morgan fingerprint density at radius 2 is 1.75 bits per heavy atom. The summed E-state index contributed by atoms with van der Waals surface area (Å²) in [6.07, 6.45) is 3.24. The van der Waals surface area contributed by atoms with Gasteiger partial charge in [0, 0.05) is 5.56 Å². The summed E-state index contributed by atoms with van der Waals surface area (Å²) in [5.41, 5.74) is 1.42. The number of hydrogen-bond donors (Lipinski definition) is 0. The number of ether oxygens (including phenoxy) is 1. The normalized spacial score (nSPS) is 10.8. The molecule has 0 aliphatic rings. The predicted octanol–water partition coefficient (Wildman–Crippen LogP) is 4.90. The summed E-state index contributed by atoms with van der Waals surface area (Å²) in [5.74, 6) is 0.650. The van der Waals surface area contributed by atoms with Crippen LogP contribution < -0.4 is 4.74 Å². The Morgan fingerprint density at radius 3 is 2.35 bits per heavy atom. The molecule has 2 nitrogen and oxygen atoms in total. The molecule has 0 unspecified atom stereocenters. The van der Waals surface area contributed by atoms with E-state index >= 15 is 0 Å². The van der Waals surface area contributed by atoms with Crippen LogP contribution in [0, 0.1) is 0 Å². The molecule has 0 aliphatic heterocycles. The molecule has 0 aliphatic carbocycles. The predicted molar refractivity (Wildman–Crippen MR) is 82.8 cm³/mol. The van der Waals surface area contributed by atoms with Crippen LogP contribution in [0.4, 0.5) is 0 Å². The number of methoxy groups -OCH3 is 1. The Morgan fingerprint density at radius 1 is 1.05 bits per heavy atom. The highest BCUT2D eigenvalue weighted by Gasteiger charge is 2.05. The molecule has 20 heavy (non-hydrogen) atoms. The van der Waals surface area contributed by atoms with Gasteiger partial charge in [-0.1, -0.05) is 41.4 Å². The smallest absolute Gasteiger partial charge is 0.185 e. The minimum Gasteiger partial charge on any atom is -0.497 e. The van der Waals surface area contributed by atoms with Crippen LogP contribution in [-0.2, 0) is 0 Å². The summed E-state index contributed by atoms with van der Waals surface area (Å²) in [4.78, 5) is 12.0. The number of hydrogen-bond acceptors (Lipinski definition) is 2. The quantitative estimate of drug-likeness (QED) is 0.593. The van der Waals surface area contributed by atoms with Gasteiger partial charge < -0.3 is 4.74 Å². The van der Waals surface area contributed by atoms with Crippen LogP contribution in [0.5, 0.6) is 5.75 Å². The van der Waals surface area contributed by atoms with Crippen LogP contribution in [0.15, 0.2) is 48.5 Å². The zero-order valence-electron chi connectivity index (χ0n) is 10.8. The largest absolute Gasteiger partial charge is 0.497 e. The van der Waals surface area contributed by atoms with Gasteiger partial charge in [-0.2, -0.15) is 0 Å². The van der Waals surface area contributed by atoms with E-state index in [2.05, 4.69) is 0 Å². The van der Waals surface area contributed by atoms with Gasteiger partial charge in [-0.25, -0.2) is 0 Å². The monoisotopic (exact) mass is 306 g/mol. The summed E-state index contributed by atoms with van der Waals surface area (Å²) < 4.78 is 5.07. The third-order valence-electron chi connectivity index (χ3n) is 2.75. The van der Waals surface area contributed by atoms with E-state index in [9.17, 15) is 4.79 Å². The topological polar surface area (TPSA) is 26.3 Å². The second kappa shape index (κ2) is 6.60. The fourth-order valence-corrected chi connectivity index (χ4v) is 1.93. The Balaban J connectivity index is 2.13. The van der Waals surface area contributed by atoms with Crippen molar-refractivity contribution in [1.29, 1.82) is 0 Å². The highest BCUT2D eigenvalue weighted by molar-refractivity contribution is 6.42. The van der Waals surface area contributed by atoms with Crippen LogP contribution >= 0.6 is 23.2 Å². The number of halogens is 2. The number of ketones is 1. The number of benzene rings is 2. The molecule has 0 fully saturated rings. The summed E-state index contributed by atoms with van der Waals surface area (Å²) in [6, 6.07) is 12.2. The van der Waals surface area contributed by atoms with Crippen LogP contribution in [0.25, 0.3) is 6.08 Å². The minimum atomic E-state index is -0.126. The zero-order chi connectivity index (χ0) is 14.5. The van der Waals surface area contributed by atoms with Crippen molar-refractivity contribution in [1.82, 2.24) is 0 Å². The van der Waals surface area contributed by atoms with Crippen molar-refractivity contribution in [2.24, 2.45) is 0 Å². The molecule has 0 radical (unpaired) electrons. The van der Waals surface area contributed by atoms with Gasteiger partial charge in [-0.3, -0.25) is 4.79 Å². The molecule has 0 saturated heterocycles. The number of carbonyl (C=O) groups is 1. The van der Waals surface area contributed by atoms with Crippen molar-refractivity contribution in [2.75, 3.05) is 7.11 Å². The highest BCUT2D eigenvalue weighted by atomic mass is 35.5. The van der Waals surface area contributed by atoms with Gasteiger partial charge in [0.1, 0.15) is 5.75 Å². The molecule has 0 saturated carbocycles. The number of carbonyl (C=O) groups excluding carboxylic acids is 1. The average molecular weight is 307 g/mol. The highest BCUT2D eigenvalue weighted by Crippen LogP contribution is 2.23. The third-order valence-corrected chi connectivity index (χ3v) is 3.49. The van der Waals surface area contributed by atoms with Gasteiger partial charge in [-0.15, -0.1) is 0 Å². The molecule has 2 aromatic carbocycles. The molecule has 102 valence electrons. The van der Waals surface area contributed by atoms with Crippen LogP contribution in [0.1, 0.15) is 15.9 Å². The van der Waals surface area contributed by atoms with E-state index < -0.39 is 0 Å². The van der Waals surface area contributed by atoms with Gasteiger partial charge >= 0.3 is 0 Å². The molecule has 0 spiro atoms. The average Bonchev–Trinajstić information content (AvgIpc) is 2.48. The Hall–Kier alpha value is -1.77. The lowest BCUT2D eigenvalue weighted by Gasteiger charge is -2.00. The van der Waals surface area contributed by atoms with E-state index in [-0.39, 0.29) is 5.78 Å². The second-order valence-electron chi connectivity index (χ2n) is 4.10. The Kier molecular flexibility index (Phi) is 4.83. The van der Waals surface area contributed by atoms with Crippen molar-refractivity contribution in [3.63, 3.8) is 0 Å². The lowest BCUT2D eigenvalue weighted by atomic mass is 10.1. The zero-order valence-corrected chi connectivity index (χ0v) is 12.3. The van der Waals surface area contributed by atoms with E-state index in [0.717, 1.165) is 11.3 Å². The molecule has 0 atom stereocenters. The van der Waals surface area contributed by atoms with Gasteiger partial charge in [0.05, 0.1) is 17.2 Å². The second-order valence-corrected chi connectivity index (χ2v) is 4.91. The molecule has 0 bridgehead atoms. The maximum absolute atomic E-state index is 12.0. The van der Waals surface area contributed by atoms with E-state index in [4.69, 9.17) is 27.9 Å². The van der Waals surface area contributed by atoms with Crippen molar-refractivity contribution in [3.05, 3.63) is 69.7 Å². The first-order valence-corrected chi connectivity index (χ1v) is 6.67. The molecule has 0 amide bonds. The van der Waals surface area contributed by atoms with Gasteiger partial charge in [-0.05, 0) is 42.0 Å². The first kappa shape index (κ1) is 14.6. The molecular weight excluding hydrogens is 295 g/mol. The summed E-state index contributed by atoms with van der Waals surface area (Å²) >= 11 is 11.7. The van der Waals surface area contributed by atoms with Crippen molar-refractivity contribution < 1.29 is 9.53 Å². The fourth-order valence-electron chi connectivity index (χ4n) is 1.63. The lowest BCUT2D eigenvalue weighted by Crippen LogP contribution is -1.93. The third kappa shape index (κ3) is 3.62. The van der Waals surface area contributed by atoms with Gasteiger partial charge in [0.25, 0.3) is 0 Å². The molecule has 0 N–H and O–H groups in total. The lowest BCUT2D eigenvalue weighted by molar-refractivity contribution is 0.104. The van der Waals surface area contributed by atoms with Crippen molar-refractivity contribution in [3.8, 4) is 5.75 Å². The van der Waals surface area contributed by atoms with Crippen LogP contribution in [-0.4, -0.2) is 12.9 Å². The molecule has 0 aromatic heterocycles. The van der Waals surface area contributed by atoms with Crippen molar-refractivity contribution >= 4 is 35.1 Å². The minimum absolute atomic E-state index is 0.126. The van der Waals surface area contributed by atoms with Gasteiger partial charge in [0.15, 0.2) is 5.78 Å². The van der Waals surface area contributed by atoms with Crippen LogP contribution in [0.3, 0.4) is 0 Å². The standard InChI is InChI=1S/C16H12Cl2O2/c1-20-13-6-2-11(3-7-13)4-9-16(19)12-5-8-14(17)15(18)10-12/h2-10H,1H3/b9-4+.